The smallest absolute Gasteiger partial charge is 0.280 e. The molecular weight excluding hydrogens is 518 g/mol. The van der Waals surface area contributed by atoms with Crippen molar-refractivity contribution in [1.29, 1.82) is 0 Å². The van der Waals surface area contributed by atoms with Gasteiger partial charge in [-0.1, -0.05) is 5.21 Å². The second-order valence-corrected chi connectivity index (χ2v) is 11.2. The van der Waals surface area contributed by atoms with Crippen LogP contribution in [0.4, 0.5) is 5.69 Å². The molecule has 13 nitrogen and oxygen atoms in total. The number of ether oxygens (including phenoxy) is 1. The molecule has 37 heavy (non-hydrogen) atoms. The summed E-state index contributed by atoms with van der Waals surface area (Å²) in [5.41, 5.74) is 1.37. The molecule has 0 unspecified atom stereocenters. The zero-order valence-electron chi connectivity index (χ0n) is 19.7. The van der Waals surface area contributed by atoms with Gasteiger partial charge in [-0.05, 0) is 31.9 Å². The number of pyridine rings is 1. The highest BCUT2D eigenvalue weighted by atomic mass is 32.2. The number of hydrogen-bond donors (Lipinski definition) is 2. The third kappa shape index (κ3) is 6.06. The van der Waals surface area contributed by atoms with E-state index in [1.54, 1.807) is 35.4 Å². The molecule has 0 saturated heterocycles. The lowest BCUT2D eigenvalue weighted by Crippen LogP contribution is -2.32. The van der Waals surface area contributed by atoms with Crippen molar-refractivity contribution in [2.24, 2.45) is 0 Å². The lowest BCUT2D eigenvalue weighted by Gasteiger charge is -2.18. The fourth-order valence-corrected chi connectivity index (χ4v) is 5.61. The molecule has 0 bridgehead atoms. The highest BCUT2D eigenvalue weighted by Crippen LogP contribution is 2.30. The van der Waals surface area contributed by atoms with Crippen molar-refractivity contribution in [2.75, 3.05) is 11.3 Å². The first-order valence-electron chi connectivity index (χ1n) is 11.4. The van der Waals surface area contributed by atoms with E-state index in [4.69, 9.17) is 4.74 Å². The van der Waals surface area contributed by atoms with E-state index in [1.165, 1.54) is 18.6 Å². The number of hydrogen-bond acceptors (Lipinski definition) is 11. The Hall–Kier alpha value is -3.98. The molecule has 1 saturated carbocycles. The Morgan fingerprint density at radius 2 is 2.11 bits per heavy atom. The van der Waals surface area contributed by atoms with Crippen LogP contribution in [0.5, 0.6) is 5.88 Å². The van der Waals surface area contributed by atoms with Crippen molar-refractivity contribution in [3.63, 3.8) is 0 Å². The molecule has 5 rings (SSSR count). The number of nitrogens with one attached hydrogen (secondary N) is 2. The second-order valence-electron chi connectivity index (χ2n) is 8.17. The summed E-state index contributed by atoms with van der Waals surface area (Å²) in [6, 6.07) is 2.53. The van der Waals surface area contributed by atoms with Gasteiger partial charge >= 0.3 is 0 Å². The molecule has 4 heterocycles. The molecule has 192 valence electrons. The molecular formula is C22H23N9O4S2. The monoisotopic (exact) mass is 541 g/mol. The number of thiazole rings is 1. The molecule has 4 aromatic rings. The fraction of sp³-hybridized carbons (Fsp3) is 0.318. The first-order chi connectivity index (χ1) is 17.9. The number of rotatable bonds is 11. The highest BCUT2D eigenvalue weighted by Gasteiger charge is 2.35. The first-order valence-corrected chi connectivity index (χ1v) is 13.8. The van der Waals surface area contributed by atoms with Crippen LogP contribution in [0.2, 0.25) is 0 Å². The van der Waals surface area contributed by atoms with Gasteiger partial charge in [0.1, 0.15) is 5.69 Å². The molecule has 1 fully saturated rings. The van der Waals surface area contributed by atoms with Crippen molar-refractivity contribution in [1.82, 2.24) is 40.2 Å². The van der Waals surface area contributed by atoms with Crippen LogP contribution < -0.4 is 14.8 Å². The summed E-state index contributed by atoms with van der Waals surface area (Å²) in [7, 11) is -3.45. The Morgan fingerprint density at radius 1 is 1.24 bits per heavy atom. The highest BCUT2D eigenvalue weighted by molar-refractivity contribution is 7.93. The van der Waals surface area contributed by atoms with Crippen LogP contribution in [0.3, 0.4) is 0 Å². The van der Waals surface area contributed by atoms with Crippen LogP contribution in [0, 0.1) is 0 Å². The van der Waals surface area contributed by atoms with E-state index < -0.39 is 22.0 Å². The molecule has 1 amide bonds. The van der Waals surface area contributed by atoms with E-state index in [0.29, 0.717) is 47.3 Å². The van der Waals surface area contributed by atoms with Gasteiger partial charge in [0.05, 0.1) is 59.3 Å². The van der Waals surface area contributed by atoms with Crippen LogP contribution in [-0.2, 0) is 16.6 Å². The van der Waals surface area contributed by atoms with Gasteiger partial charge in [-0.2, -0.15) is 0 Å². The Balaban J connectivity index is 1.36. The number of carbonyl (C=O) groups excluding carboxylic acids is 1. The molecule has 15 heteroatoms. The normalized spacial score (nSPS) is 14.2. The summed E-state index contributed by atoms with van der Waals surface area (Å²) in [5.74, 6) is -0.0448. The van der Waals surface area contributed by atoms with Crippen LogP contribution in [0.1, 0.15) is 41.3 Å². The third-order valence-electron chi connectivity index (χ3n) is 5.37. The molecule has 1 atom stereocenters. The van der Waals surface area contributed by atoms with E-state index >= 15 is 0 Å². The number of amides is 1. The molecule has 0 aromatic carbocycles. The van der Waals surface area contributed by atoms with Crippen LogP contribution in [0.15, 0.2) is 49.3 Å². The van der Waals surface area contributed by atoms with Gasteiger partial charge in [-0.15, -0.1) is 16.4 Å². The average molecular weight is 542 g/mol. The van der Waals surface area contributed by atoms with Gasteiger partial charge < -0.3 is 10.1 Å². The van der Waals surface area contributed by atoms with Crippen molar-refractivity contribution in [3.05, 3.63) is 60.0 Å². The van der Waals surface area contributed by atoms with Gasteiger partial charge in [0.15, 0.2) is 5.01 Å². The third-order valence-corrected chi connectivity index (χ3v) is 8.25. The first kappa shape index (κ1) is 24.7. The fourth-order valence-electron chi connectivity index (χ4n) is 3.46. The maximum absolute atomic E-state index is 13.2. The minimum Gasteiger partial charge on any atom is -0.477 e. The largest absolute Gasteiger partial charge is 0.477 e. The number of carbonyl (C=O) groups is 1. The van der Waals surface area contributed by atoms with Crippen molar-refractivity contribution in [2.45, 2.75) is 37.6 Å². The summed E-state index contributed by atoms with van der Waals surface area (Å²) < 4.78 is 34.3. The topological polar surface area (TPSA) is 167 Å². The summed E-state index contributed by atoms with van der Waals surface area (Å²) in [5, 5.41) is 10.6. The maximum Gasteiger partial charge on any atom is 0.280 e. The standard InChI is InChI=1S/C22H23N9O4S2/c1-2-35-20-12-23-10-17(27-20)19-11-25-22(36-19)21(32)28-18(13-31-8-7-26-30-31)16-9-14(5-6-24-16)29-37(33,34)15-3-4-15/h5-12,15,18H,2-4,13H2,1H3,(H,24,29)(H,28,32)/t18-/m1/s1. The van der Waals surface area contributed by atoms with Crippen molar-refractivity contribution in [3.8, 4) is 16.5 Å². The zero-order valence-corrected chi connectivity index (χ0v) is 21.3. The van der Waals surface area contributed by atoms with E-state index in [9.17, 15) is 13.2 Å². The molecule has 1 aliphatic rings. The zero-order chi connectivity index (χ0) is 25.8. The molecule has 2 N–H and O–H groups in total. The second kappa shape index (κ2) is 10.6. The SMILES string of the molecule is CCOc1cncc(-c2cnc(C(=O)N[C@H](Cn3ccnn3)c3cc(NS(=O)(=O)C4CC4)ccn3)s2)n1. The molecule has 1 aliphatic carbocycles. The molecule has 0 spiro atoms. The quantitative estimate of drug-likeness (QED) is 0.287. The van der Waals surface area contributed by atoms with E-state index in [-0.39, 0.29) is 16.8 Å². The van der Waals surface area contributed by atoms with Crippen LogP contribution in [0.25, 0.3) is 10.6 Å². The molecule has 4 aromatic heterocycles. The van der Waals surface area contributed by atoms with Gasteiger partial charge in [0.25, 0.3) is 5.91 Å². The van der Waals surface area contributed by atoms with Crippen LogP contribution >= 0.6 is 11.3 Å². The number of aromatic nitrogens is 7. The number of nitrogens with zero attached hydrogens (tertiary/aromatic N) is 7. The molecule has 0 aliphatic heterocycles. The van der Waals surface area contributed by atoms with Gasteiger partial charge in [0, 0.05) is 18.6 Å². The average Bonchev–Trinajstić information content (AvgIpc) is 3.42. The Kier molecular flexibility index (Phi) is 7.05. The Morgan fingerprint density at radius 3 is 2.86 bits per heavy atom. The van der Waals surface area contributed by atoms with E-state index in [2.05, 4.69) is 40.3 Å². The van der Waals surface area contributed by atoms with Crippen molar-refractivity contribution < 1.29 is 17.9 Å². The number of anilines is 1. The summed E-state index contributed by atoms with van der Waals surface area (Å²) in [4.78, 5) is 31.0. The minimum atomic E-state index is -3.45. The Labute approximate surface area is 216 Å². The minimum absolute atomic E-state index is 0.216. The lowest BCUT2D eigenvalue weighted by molar-refractivity contribution is 0.0930. The van der Waals surface area contributed by atoms with E-state index in [0.717, 1.165) is 11.3 Å². The summed E-state index contributed by atoms with van der Waals surface area (Å²) in [6.45, 7) is 2.53. The van der Waals surface area contributed by atoms with Gasteiger partial charge in [-0.25, -0.2) is 18.4 Å². The van der Waals surface area contributed by atoms with Gasteiger partial charge in [-0.3, -0.25) is 24.2 Å². The predicted molar refractivity (Wildman–Crippen MR) is 134 cm³/mol. The molecule has 0 radical (unpaired) electrons. The van der Waals surface area contributed by atoms with E-state index in [1.807, 2.05) is 6.92 Å². The number of sulfonamides is 1. The van der Waals surface area contributed by atoms with Crippen LogP contribution in [-0.4, -0.2) is 61.1 Å². The lowest BCUT2D eigenvalue weighted by atomic mass is 10.1. The van der Waals surface area contributed by atoms with Gasteiger partial charge in [0.2, 0.25) is 15.9 Å². The Bertz CT molecular complexity index is 1490. The maximum atomic E-state index is 13.2. The summed E-state index contributed by atoms with van der Waals surface area (Å²) >= 11 is 1.16. The predicted octanol–water partition coefficient (Wildman–Crippen LogP) is 2.06. The van der Waals surface area contributed by atoms with Crippen molar-refractivity contribution >= 4 is 33.0 Å². The summed E-state index contributed by atoms with van der Waals surface area (Å²) in [6.07, 6.45) is 10.6.